The van der Waals surface area contributed by atoms with E-state index < -0.39 is 5.97 Å². The normalized spacial score (nSPS) is 13.0. The van der Waals surface area contributed by atoms with E-state index in [9.17, 15) is 4.79 Å². The molecule has 0 aliphatic rings. The van der Waals surface area contributed by atoms with Gasteiger partial charge in [-0.3, -0.25) is 4.79 Å². The van der Waals surface area contributed by atoms with E-state index in [-0.39, 0.29) is 12.5 Å². The lowest BCUT2D eigenvalue weighted by Gasteiger charge is -2.05. The van der Waals surface area contributed by atoms with Gasteiger partial charge in [-0.15, -0.1) is 0 Å². The van der Waals surface area contributed by atoms with Gasteiger partial charge < -0.3 is 10.8 Å². The predicted molar refractivity (Wildman–Crippen MR) is 39.8 cm³/mol. The van der Waals surface area contributed by atoms with Crippen molar-refractivity contribution in [1.82, 2.24) is 0 Å². The van der Waals surface area contributed by atoms with Crippen LogP contribution in [0, 0.1) is 0 Å². The molecule has 0 aliphatic carbocycles. The molecular weight excluding hydrogens is 130 g/mol. The quantitative estimate of drug-likeness (QED) is 0.606. The summed E-state index contributed by atoms with van der Waals surface area (Å²) >= 11 is 0. The second kappa shape index (κ2) is 5.23. The third kappa shape index (κ3) is 5.56. The summed E-state index contributed by atoms with van der Waals surface area (Å²) in [5, 5.41) is 8.26. The second-order valence-corrected chi connectivity index (χ2v) is 2.45. The van der Waals surface area contributed by atoms with Crippen LogP contribution in [0.5, 0.6) is 0 Å². The average Bonchev–Trinajstić information content (AvgIpc) is 1.87. The molecule has 0 aromatic rings. The van der Waals surface area contributed by atoms with Gasteiger partial charge >= 0.3 is 5.97 Å². The molecule has 3 nitrogen and oxygen atoms in total. The zero-order valence-corrected chi connectivity index (χ0v) is 6.34. The molecule has 0 aromatic heterocycles. The molecule has 0 fully saturated rings. The molecule has 10 heavy (non-hydrogen) atoms. The summed E-state index contributed by atoms with van der Waals surface area (Å²) < 4.78 is 0. The molecule has 0 radical (unpaired) electrons. The molecule has 0 spiro atoms. The Hall–Kier alpha value is -0.570. The Balaban J connectivity index is 3.11. The van der Waals surface area contributed by atoms with Crippen LogP contribution in [0.25, 0.3) is 0 Å². The van der Waals surface area contributed by atoms with Crippen molar-refractivity contribution >= 4 is 5.97 Å². The highest BCUT2D eigenvalue weighted by Crippen LogP contribution is 2.00. The second-order valence-electron chi connectivity index (χ2n) is 2.45. The van der Waals surface area contributed by atoms with E-state index in [1.54, 1.807) is 0 Å². The topological polar surface area (TPSA) is 63.3 Å². The Morgan fingerprint density at radius 3 is 2.70 bits per heavy atom. The van der Waals surface area contributed by atoms with Crippen molar-refractivity contribution < 1.29 is 9.90 Å². The Kier molecular flexibility index (Phi) is 4.94. The first-order valence-electron chi connectivity index (χ1n) is 3.64. The van der Waals surface area contributed by atoms with E-state index in [4.69, 9.17) is 10.8 Å². The summed E-state index contributed by atoms with van der Waals surface area (Å²) in [6.07, 6.45) is 2.69. The molecule has 3 heteroatoms. The highest BCUT2D eigenvalue weighted by Gasteiger charge is 2.00. The molecule has 0 unspecified atom stereocenters. The van der Waals surface area contributed by atoms with Crippen molar-refractivity contribution in [2.45, 2.75) is 38.6 Å². The fourth-order valence-electron chi connectivity index (χ4n) is 0.720. The number of carboxylic acids is 1. The maximum atomic E-state index is 10.0. The first-order valence-corrected chi connectivity index (χ1v) is 3.64. The smallest absolute Gasteiger partial charge is 0.303 e. The molecule has 60 valence electrons. The third-order valence-electron chi connectivity index (χ3n) is 1.49. The van der Waals surface area contributed by atoms with Crippen LogP contribution in [0.4, 0.5) is 0 Å². The largest absolute Gasteiger partial charge is 0.481 e. The van der Waals surface area contributed by atoms with Crippen molar-refractivity contribution in [3.05, 3.63) is 0 Å². The zero-order valence-electron chi connectivity index (χ0n) is 6.34. The Labute approximate surface area is 61.2 Å². The molecule has 0 rings (SSSR count). The van der Waals surface area contributed by atoms with Gasteiger partial charge in [0.15, 0.2) is 0 Å². The Bertz CT molecular complexity index is 104. The molecule has 0 aliphatic heterocycles. The van der Waals surface area contributed by atoms with Gasteiger partial charge in [0, 0.05) is 12.5 Å². The fraction of sp³-hybridized carbons (Fsp3) is 0.857. The van der Waals surface area contributed by atoms with E-state index in [0.29, 0.717) is 6.42 Å². The summed E-state index contributed by atoms with van der Waals surface area (Å²) in [5.41, 5.74) is 5.57. The molecule has 3 N–H and O–H groups in total. The Morgan fingerprint density at radius 2 is 2.30 bits per heavy atom. The molecule has 0 saturated heterocycles. The van der Waals surface area contributed by atoms with Gasteiger partial charge in [0.1, 0.15) is 0 Å². The van der Waals surface area contributed by atoms with Gasteiger partial charge in [-0.1, -0.05) is 6.92 Å². The van der Waals surface area contributed by atoms with Crippen molar-refractivity contribution in [1.29, 1.82) is 0 Å². The van der Waals surface area contributed by atoms with Gasteiger partial charge in [0.2, 0.25) is 0 Å². The lowest BCUT2D eigenvalue weighted by Crippen LogP contribution is -2.18. The number of carbonyl (C=O) groups is 1. The van der Waals surface area contributed by atoms with Crippen molar-refractivity contribution in [3.8, 4) is 0 Å². The lowest BCUT2D eigenvalue weighted by molar-refractivity contribution is -0.137. The molecule has 0 saturated carbocycles. The molecule has 0 bridgehead atoms. The summed E-state index contributed by atoms with van der Waals surface area (Å²) in [7, 11) is 0. The minimum Gasteiger partial charge on any atom is -0.481 e. The van der Waals surface area contributed by atoms with Crippen LogP contribution in [0.2, 0.25) is 0 Å². The number of carboxylic acid groups (broad SMARTS) is 1. The third-order valence-corrected chi connectivity index (χ3v) is 1.49. The number of hydrogen-bond acceptors (Lipinski definition) is 2. The van der Waals surface area contributed by atoms with E-state index in [1.807, 2.05) is 6.92 Å². The zero-order chi connectivity index (χ0) is 7.98. The van der Waals surface area contributed by atoms with Crippen molar-refractivity contribution in [2.24, 2.45) is 5.73 Å². The highest BCUT2D eigenvalue weighted by atomic mass is 16.4. The van der Waals surface area contributed by atoms with Crippen LogP contribution in [-0.4, -0.2) is 17.1 Å². The first kappa shape index (κ1) is 9.43. The van der Waals surface area contributed by atoms with E-state index in [2.05, 4.69) is 0 Å². The van der Waals surface area contributed by atoms with Gasteiger partial charge in [0.25, 0.3) is 0 Å². The Morgan fingerprint density at radius 1 is 1.70 bits per heavy atom. The van der Waals surface area contributed by atoms with Crippen molar-refractivity contribution in [2.75, 3.05) is 0 Å². The van der Waals surface area contributed by atoms with Crippen LogP contribution in [0.3, 0.4) is 0 Å². The molecular formula is C7H15NO2. The molecule has 0 heterocycles. The molecule has 1 atom stereocenters. The maximum absolute atomic E-state index is 10.0. The van der Waals surface area contributed by atoms with Gasteiger partial charge in [-0.2, -0.15) is 0 Å². The fourth-order valence-corrected chi connectivity index (χ4v) is 0.720. The minimum absolute atomic E-state index is 0.180. The average molecular weight is 145 g/mol. The SMILES string of the molecule is CC[C@H](N)CCCC(=O)O. The number of nitrogens with two attached hydrogens (primary N) is 1. The standard InChI is InChI=1S/C7H15NO2/c1-2-6(8)4-3-5-7(9)10/h6H,2-5,8H2,1H3,(H,9,10)/t6-/m0/s1. The summed E-state index contributed by atoms with van der Waals surface area (Å²) in [4.78, 5) is 10.0. The van der Waals surface area contributed by atoms with E-state index >= 15 is 0 Å². The minimum atomic E-state index is -0.733. The number of hydrogen-bond donors (Lipinski definition) is 2. The number of rotatable bonds is 5. The van der Waals surface area contributed by atoms with Crippen LogP contribution < -0.4 is 5.73 Å². The van der Waals surface area contributed by atoms with Crippen LogP contribution in [0.1, 0.15) is 32.6 Å². The highest BCUT2D eigenvalue weighted by molar-refractivity contribution is 5.66. The first-order chi connectivity index (χ1) is 4.66. The van der Waals surface area contributed by atoms with Crippen molar-refractivity contribution in [3.63, 3.8) is 0 Å². The van der Waals surface area contributed by atoms with Gasteiger partial charge in [-0.25, -0.2) is 0 Å². The van der Waals surface area contributed by atoms with E-state index in [1.165, 1.54) is 0 Å². The number of aliphatic carboxylic acids is 1. The summed E-state index contributed by atoms with van der Waals surface area (Å²) in [6, 6.07) is 0.180. The van der Waals surface area contributed by atoms with Gasteiger partial charge in [-0.05, 0) is 19.3 Å². The summed E-state index contributed by atoms with van der Waals surface area (Å²) in [5.74, 6) is -0.733. The van der Waals surface area contributed by atoms with Crippen LogP contribution in [0.15, 0.2) is 0 Å². The predicted octanol–water partition coefficient (Wildman–Crippen LogP) is 0.979. The summed E-state index contributed by atoms with van der Waals surface area (Å²) in [6.45, 7) is 2.01. The maximum Gasteiger partial charge on any atom is 0.303 e. The van der Waals surface area contributed by atoms with Crippen LogP contribution >= 0.6 is 0 Å². The van der Waals surface area contributed by atoms with Crippen LogP contribution in [-0.2, 0) is 4.79 Å². The van der Waals surface area contributed by atoms with Gasteiger partial charge in [0.05, 0.1) is 0 Å². The molecule has 0 amide bonds. The lowest BCUT2D eigenvalue weighted by atomic mass is 10.1. The molecule has 0 aromatic carbocycles. The van der Waals surface area contributed by atoms with E-state index in [0.717, 1.165) is 12.8 Å². The monoisotopic (exact) mass is 145 g/mol.